The molecule has 0 aromatic heterocycles. The fourth-order valence-corrected chi connectivity index (χ4v) is 2.11. The Bertz CT molecular complexity index is 534. The molecule has 0 aliphatic heterocycles. The standard InChI is InChI=1S/C19H25NO2/c1-3-16-5-9-18(10-6-16)21-13-14-22-19-11-7-17(8-12-19)15-20-4-2/h5-12,20H,3-4,13-15H2,1-2H3. The highest BCUT2D eigenvalue weighted by atomic mass is 16.5. The van der Waals surface area contributed by atoms with E-state index in [-0.39, 0.29) is 0 Å². The van der Waals surface area contributed by atoms with E-state index >= 15 is 0 Å². The SMILES string of the molecule is CCNCc1ccc(OCCOc2ccc(CC)cc2)cc1. The highest BCUT2D eigenvalue weighted by Gasteiger charge is 1.97. The first-order valence-electron chi connectivity index (χ1n) is 7.96. The van der Waals surface area contributed by atoms with E-state index < -0.39 is 0 Å². The Balaban J connectivity index is 1.69. The van der Waals surface area contributed by atoms with Crippen LogP contribution in [-0.4, -0.2) is 19.8 Å². The van der Waals surface area contributed by atoms with Crippen molar-refractivity contribution in [1.82, 2.24) is 5.32 Å². The molecule has 0 saturated heterocycles. The number of ether oxygens (including phenoxy) is 2. The van der Waals surface area contributed by atoms with E-state index in [9.17, 15) is 0 Å². The van der Waals surface area contributed by atoms with Gasteiger partial charge in [-0.05, 0) is 48.4 Å². The van der Waals surface area contributed by atoms with Crippen LogP contribution in [0.4, 0.5) is 0 Å². The third-order valence-electron chi connectivity index (χ3n) is 3.45. The zero-order valence-electron chi connectivity index (χ0n) is 13.5. The summed E-state index contributed by atoms with van der Waals surface area (Å²) in [6.07, 6.45) is 1.05. The summed E-state index contributed by atoms with van der Waals surface area (Å²) in [7, 11) is 0. The highest BCUT2D eigenvalue weighted by molar-refractivity contribution is 5.28. The highest BCUT2D eigenvalue weighted by Crippen LogP contribution is 2.14. The van der Waals surface area contributed by atoms with E-state index in [0.29, 0.717) is 13.2 Å². The first-order chi connectivity index (χ1) is 10.8. The molecular weight excluding hydrogens is 274 g/mol. The lowest BCUT2D eigenvalue weighted by molar-refractivity contribution is 0.217. The van der Waals surface area contributed by atoms with Gasteiger partial charge in [-0.25, -0.2) is 0 Å². The van der Waals surface area contributed by atoms with Gasteiger partial charge in [0.05, 0.1) is 0 Å². The van der Waals surface area contributed by atoms with Gasteiger partial charge >= 0.3 is 0 Å². The molecule has 0 spiro atoms. The van der Waals surface area contributed by atoms with Gasteiger partial charge in [-0.3, -0.25) is 0 Å². The second-order valence-corrected chi connectivity index (χ2v) is 5.12. The Hall–Kier alpha value is -2.00. The molecule has 118 valence electrons. The zero-order chi connectivity index (χ0) is 15.6. The molecule has 3 nitrogen and oxygen atoms in total. The summed E-state index contributed by atoms with van der Waals surface area (Å²) in [4.78, 5) is 0. The smallest absolute Gasteiger partial charge is 0.122 e. The Morgan fingerprint density at radius 1 is 0.727 bits per heavy atom. The lowest BCUT2D eigenvalue weighted by atomic mass is 10.2. The van der Waals surface area contributed by atoms with Crippen LogP contribution in [0.1, 0.15) is 25.0 Å². The minimum Gasteiger partial charge on any atom is -0.490 e. The number of benzene rings is 2. The van der Waals surface area contributed by atoms with Crippen LogP contribution in [0, 0.1) is 0 Å². The topological polar surface area (TPSA) is 30.5 Å². The Morgan fingerprint density at radius 2 is 1.23 bits per heavy atom. The Labute approximate surface area is 133 Å². The summed E-state index contributed by atoms with van der Waals surface area (Å²) in [5, 5.41) is 3.30. The summed E-state index contributed by atoms with van der Waals surface area (Å²) in [5.74, 6) is 1.77. The Kier molecular flexibility index (Phi) is 6.78. The van der Waals surface area contributed by atoms with Crippen LogP contribution in [0.2, 0.25) is 0 Å². The summed E-state index contributed by atoms with van der Waals surface area (Å²) < 4.78 is 11.4. The minimum absolute atomic E-state index is 0.544. The average Bonchev–Trinajstić information content (AvgIpc) is 2.58. The Morgan fingerprint density at radius 3 is 1.68 bits per heavy atom. The van der Waals surface area contributed by atoms with Gasteiger partial charge < -0.3 is 14.8 Å². The fourth-order valence-electron chi connectivity index (χ4n) is 2.11. The van der Waals surface area contributed by atoms with Crippen molar-refractivity contribution in [2.24, 2.45) is 0 Å². The molecule has 2 aromatic rings. The summed E-state index contributed by atoms with van der Waals surface area (Å²) in [6, 6.07) is 16.4. The van der Waals surface area contributed by atoms with Crippen LogP contribution < -0.4 is 14.8 Å². The molecule has 0 atom stereocenters. The molecule has 1 N–H and O–H groups in total. The normalized spacial score (nSPS) is 10.5. The van der Waals surface area contributed by atoms with Crippen molar-refractivity contribution in [3.8, 4) is 11.5 Å². The van der Waals surface area contributed by atoms with Gasteiger partial charge in [0, 0.05) is 6.54 Å². The summed E-state index contributed by atoms with van der Waals surface area (Å²) in [5.41, 5.74) is 2.59. The van der Waals surface area contributed by atoms with Crippen LogP contribution in [0.5, 0.6) is 11.5 Å². The first kappa shape index (κ1) is 16.4. The van der Waals surface area contributed by atoms with E-state index in [4.69, 9.17) is 9.47 Å². The molecule has 0 amide bonds. The molecule has 3 heteroatoms. The molecule has 2 rings (SSSR count). The van der Waals surface area contributed by atoms with Gasteiger partial charge in [0.2, 0.25) is 0 Å². The minimum atomic E-state index is 0.544. The van der Waals surface area contributed by atoms with Gasteiger partial charge in [-0.15, -0.1) is 0 Å². The third-order valence-corrected chi connectivity index (χ3v) is 3.45. The molecular formula is C19H25NO2. The maximum Gasteiger partial charge on any atom is 0.122 e. The molecule has 0 unspecified atom stereocenters. The van der Waals surface area contributed by atoms with Crippen LogP contribution in [0.25, 0.3) is 0 Å². The zero-order valence-corrected chi connectivity index (χ0v) is 13.5. The van der Waals surface area contributed by atoms with Crippen LogP contribution in [0.3, 0.4) is 0 Å². The maximum atomic E-state index is 5.69. The van der Waals surface area contributed by atoms with Gasteiger partial charge in [0.15, 0.2) is 0 Å². The molecule has 22 heavy (non-hydrogen) atoms. The van der Waals surface area contributed by atoms with E-state index in [1.54, 1.807) is 0 Å². The molecule has 0 radical (unpaired) electrons. The lowest BCUT2D eigenvalue weighted by Crippen LogP contribution is -2.11. The van der Waals surface area contributed by atoms with Crippen LogP contribution in [-0.2, 0) is 13.0 Å². The number of nitrogens with one attached hydrogen (secondary N) is 1. The van der Waals surface area contributed by atoms with Gasteiger partial charge in [-0.1, -0.05) is 38.1 Å². The second-order valence-electron chi connectivity index (χ2n) is 5.12. The first-order valence-corrected chi connectivity index (χ1v) is 7.96. The maximum absolute atomic E-state index is 5.69. The molecule has 2 aromatic carbocycles. The molecule has 0 fully saturated rings. The molecule has 0 aliphatic carbocycles. The van der Waals surface area contributed by atoms with E-state index in [0.717, 1.165) is 31.0 Å². The number of hydrogen-bond acceptors (Lipinski definition) is 3. The van der Waals surface area contributed by atoms with Gasteiger partial charge in [0.25, 0.3) is 0 Å². The predicted molar refractivity (Wildman–Crippen MR) is 90.6 cm³/mol. The fraction of sp³-hybridized carbons (Fsp3) is 0.368. The molecule has 0 saturated carbocycles. The van der Waals surface area contributed by atoms with Crippen molar-refractivity contribution in [1.29, 1.82) is 0 Å². The predicted octanol–water partition coefficient (Wildman–Crippen LogP) is 3.82. The van der Waals surface area contributed by atoms with Gasteiger partial charge in [0.1, 0.15) is 24.7 Å². The van der Waals surface area contributed by atoms with E-state index in [1.165, 1.54) is 11.1 Å². The van der Waals surface area contributed by atoms with Crippen molar-refractivity contribution in [3.05, 3.63) is 59.7 Å². The number of hydrogen-bond donors (Lipinski definition) is 1. The molecule has 0 aliphatic rings. The molecule has 0 heterocycles. The van der Waals surface area contributed by atoms with Crippen molar-refractivity contribution in [2.75, 3.05) is 19.8 Å². The van der Waals surface area contributed by atoms with Crippen molar-refractivity contribution >= 4 is 0 Å². The summed E-state index contributed by atoms with van der Waals surface area (Å²) >= 11 is 0. The average molecular weight is 299 g/mol. The molecule has 0 bridgehead atoms. The van der Waals surface area contributed by atoms with Crippen molar-refractivity contribution < 1.29 is 9.47 Å². The van der Waals surface area contributed by atoms with E-state index in [1.807, 2.05) is 24.3 Å². The number of aryl methyl sites for hydroxylation is 1. The third kappa shape index (κ3) is 5.41. The van der Waals surface area contributed by atoms with Crippen molar-refractivity contribution in [3.63, 3.8) is 0 Å². The second kappa shape index (κ2) is 9.11. The van der Waals surface area contributed by atoms with Crippen LogP contribution in [0.15, 0.2) is 48.5 Å². The largest absolute Gasteiger partial charge is 0.490 e. The summed E-state index contributed by atoms with van der Waals surface area (Å²) in [6.45, 7) is 7.22. The van der Waals surface area contributed by atoms with Crippen molar-refractivity contribution in [2.45, 2.75) is 26.8 Å². The quantitative estimate of drug-likeness (QED) is 0.714. The van der Waals surface area contributed by atoms with E-state index in [2.05, 4.69) is 43.4 Å². The monoisotopic (exact) mass is 299 g/mol. The van der Waals surface area contributed by atoms with Crippen LogP contribution >= 0.6 is 0 Å². The van der Waals surface area contributed by atoms with Gasteiger partial charge in [-0.2, -0.15) is 0 Å². The number of rotatable bonds is 9. The lowest BCUT2D eigenvalue weighted by Gasteiger charge is -2.09.